The van der Waals surface area contributed by atoms with E-state index in [0.29, 0.717) is 5.69 Å². The van der Waals surface area contributed by atoms with Crippen molar-refractivity contribution in [3.63, 3.8) is 0 Å². The van der Waals surface area contributed by atoms with Crippen molar-refractivity contribution in [1.29, 1.82) is 0 Å². The van der Waals surface area contributed by atoms with Crippen LogP contribution in [-0.2, 0) is 19.4 Å². The lowest BCUT2D eigenvalue weighted by molar-refractivity contribution is -0.384. The van der Waals surface area contributed by atoms with Crippen molar-refractivity contribution in [1.82, 2.24) is 0 Å². The molecule has 0 aliphatic rings. The minimum absolute atomic E-state index is 0.0368. The molecule has 2 aromatic rings. The van der Waals surface area contributed by atoms with Gasteiger partial charge < -0.3 is 10.1 Å². The molecular formula is C15H14N2O6S. The van der Waals surface area contributed by atoms with E-state index in [9.17, 15) is 23.3 Å². The number of sulfone groups is 1. The summed E-state index contributed by atoms with van der Waals surface area (Å²) in [5, 5.41) is 13.4. The number of esters is 1. The van der Waals surface area contributed by atoms with Crippen molar-refractivity contribution >= 4 is 27.2 Å². The van der Waals surface area contributed by atoms with E-state index in [-0.39, 0.29) is 22.0 Å². The highest BCUT2D eigenvalue weighted by molar-refractivity contribution is 7.91. The van der Waals surface area contributed by atoms with Crippen LogP contribution in [0.4, 0.5) is 11.4 Å². The van der Waals surface area contributed by atoms with E-state index in [1.165, 1.54) is 43.5 Å². The standard InChI is InChI=1S/C15H14N2O6S/c1-23-15(18)10-16-11-2-6-13(7-3-11)24(21,22)14-8-4-12(5-9-14)17(19)20/h2-9,16H,10H2,1H3. The van der Waals surface area contributed by atoms with E-state index >= 15 is 0 Å². The number of nitro benzene ring substituents is 1. The molecule has 0 bridgehead atoms. The maximum atomic E-state index is 12.5. The first-order chi connectivity index (χ1) is 11.3. The molecule has 0 aliphatic carbocycles. The van der Waals surface area contributed by atoms with Gasteiger partial charge in [0.2, 0.25) is 9.84 Å². The molecule has 24 heavy (non-hydrogen) atoms. The van der Waals surface area contributed by atoms with Crippen LogP contribution in [0.3, 0.4) is 0 Å². The third-order valence-corrected chi connectivity index (χ3v) is 4.97. The molecule has 0 aliphatic heterocycles. The topological polar surface area (TPSA) is 116 Å². The van der Waals surface area contributed by atoms with Crippen molar-refractivity contribution in [2.45, 2.75) is 9.79 Å². The predicted molar refractivity (Wildman–Crippen MR) is 85.5 cm³/mol. The molecule has 0 aromatic heterocycles. The van der Waals surface area contributed by atoms with Crippen molar-refractivity contribution < 1.29 is 22.9 Å². The average molecular weight is 350 g/mol. The fourth-order valence-electron chi connectivity index (χ4n) is 1.88. The number of benzene rings is 2. The van der Waals surface area contributed by atoms with Crippen molar-refractivity contribution in [2.75, 3.05) is 19.0 Å². The number of hydrogen-bond donors (Lipinski definition) is 1. The normalized spacial score (nSPS) is 10.9. The van der Waals surface area contributed by atoms with Gasteiger partial charge in [0.25, 0.3) is 5.69 Å². The van der Waals surface area contributed by atoms with Crippen molar-refractivity contribution in [3.05, 3.63) is 58.6 Å². The van der Waals surface area contributed by atoms with Gasteiger partial charge >= 0.3 is 5.97 Å². The molecule has 0 fully saturated rings. The Morgan fingerprint density at radius 1 is 1.08 bits per heavy atom. The monoisotopic (exact) mass is 350 g/mol. The van der Waals surface area contributed by atoms with Gasteiger partial charge in [-0.3, -0.25) is 14.9 Å². The number of methoxy groups -OCH3 is 1. The Kier molecular flexibility index (Phi) is 5.14. The number of hydrogen-bond acceptors (Lipinski definition) is 7. The van der Waals surface area contributed by atoms with Crippen LogP contribution in [0.5, 0.6) is 0 Å². The number of carbonyl (C=O) groups is 1. The van der Waals surface area contributed by atoms with E-state index in [2.05, 4.69) is 10.1 Å². The van der Waals surface area contributed by atoms with E-state index < -0.39 is 20.7 Å². The Balaban J connectivity index is 2.20. The first-order valence-electron chi connectivity index (χ1n) is 6.75. The number of ether oxygens (including phenoxy) is 1. The molecule has 0 atom stereocenters. The zero-order chi connectivity index (χ0) is 17.7. The molecule has 0 radical (unpaired) electrons. The van der Waals surface area contributed by atoms with Gasteiger partial charge in [-0.05, 0) is 36.4 Å². The molecule has 0 heterocycles. The average Bonchev–Trinajstić information content (AvgIpc) is 2.60. The Morgan fingerprint density at radius 2 is 1.58 bits per heavy atom. The zero-order valence-corrected chi connectivity index (χ0v) is 13.4. The third kappa shape index (κ3) is 3.87. The number of carbonyl (C=O) groups excluding carboxylic acids is 1. The number of nitrogens with one attached hydrogen (secondary N) is 1. The van der Waals surface area contributed by atoms with Gasteiger partial charge in [0.15, 0.2) is 0 Å². The fourth-order valence-corrected chi connectivity index (χ4v) is 3.14. The molecular weight excluding hydrogens is 336 g/mol. The van der Waals surface area contributed by atoms with Gasteiger partial charge in [0.05, 0.1) is 21.8 Å². The van der Waals surface area contributed by atoms with Crippen LogP contribution in [0.2, 0.25) is 0 Å². The SMILES string of the molecule is COC(=O)CNc1ccc(S(=O)(=O)c2ccc([N+](=O)[O-])cc2)cc1. The number of anilines is 1. The molecule has 1 N–H and O–H groups in total. The van der Waals surface area contributed by atoms with Gasteiger partial charge in [-0.1, -0.05) is 0 Å². The van der Waals surface area contributed by atoms with Crippen LogP contribution in [0, 0.1) is 10.1 Å². The van der Waals surface area contributed by atoms with Crippen LogP contribution < -0.4 is 5.32 Å². The van der Waals surface area contributed by atoms with Crippen LogP contribution >= 0.6 is 0 Å². The number of rotatable bonds is 6. The Labute approximate surface area is 138 Å². The highest BCUT2D eigenvalue weighted by atomic mass is 32.2. The molecule has 8 nitrogen and oxygen atoms in total. The number of non-ortho nitro benzene ring substituents is 1. The van der Waals surface area contributed by atoms with Gasteiger partial charge in [-0.15, -0.1) is 0 Å². The molecule has 9 heteroatoms. The minimum Gasteiger partial charge on any atom is -0.468 e. The summed E-state index contributed by atoms with van der Waals surface area (Å²) in [6.45, 7) is -0.0368. The summed E-state index contributed by atoms with van der Waals surface area (Å²) in [5.74, 6) is -0.447. The fraction of sp³-hybridized carbons (Fsp3) is 0.133. The maximum absolute atomic E-state index is 12.5. The Bertz CT molecular complexity index is 845. The first-order valence-corrected chi connectivity index (χ1v) is 8.23. The minimum atomic E-state index is -3.78. The smallest absolute Gasteiger partial charge is 0.325 e. The number of nitrogens with zero attached hydrogens (tertiary/aromatic N) is 1. The summed E-state index contributed by atoms with van der Waals surface area (Å²) in [5.41, 5.74) is 0.374. The predicted octanol–water partition coefficient (Wildman–Crippen LogP) is 2.01. The van der Waals surface area contributed by atoms with Crippen LogP contribution in [0.15, 0.2) is 58.3 Å². The maximum Gasteiger partial charge on any atom is 0.325 e. The molecule has 0 amide bonds. The van der Waals surface area contributed by atoms with Crippen LogP contribution in [0.1, 0.15) is 0 Å². The second-order valence-electron chi connectivity index (χ2n) is 4.71. The second-order valence-corrected chi connectivity index (χ2v) is 6.66. The highest BCUT2D eigenvalue weighted by Gasteiger charge is 2.18. The summed E-state index contributed by atoms with van der Waals surface area (Å²) in [4.78, 5) is 21.1. The third-order valence-electron chi connectivity index (χ3n) is 3.19. The van der Waals surface area contributed by atoms with Crippen molar-refractivity contribution in [2.24, 2.45) is 0 Å². The highest BCUT2D eigenvalue weighted by Crippen LogP contribution is 2.24. The van der Waals surface area contributed by atoms with Crippen molar-refractivity contribution in [3.8, 4) is 0 Å². The first kappa shape index (κ1) is 17.4. The Morgan fingerprint density at radius 3 is 2.04 bits per heavy atom. The van der Waals surface area contributed by atoms with Crippen LogP contribution in [-0.4, -0.2) is 33.0 Å². The molecule has 0 saturated heterocycles. The summed E-state index contributed by atoms with van der Waals surface area (Å²) >= 11 is 0. The lowest BCUT2D eigenvalue weighted by Crippen LogP contribution is -2.14. The summed E-state index contributed by atoms with van der Waals surface area (Å²) in [6, 6.07) is 10.5. The van der Waals surface area contributed by atoms with Gasteiger partial charge in [-0.2, -0.15) is 0 Å². The Hall–Kier alpha value is -2.94. The summed E-state index contributed by atoms with van der Waals surface area (Å²) in [7, 11) is -2.51. The van der Waals surface area contributed by atoms with Crippen LogP contribution in [0.25, 0.3) is 0 Å². The molecule has 126 valence electrons. The summed E-state index contributed by atoms with van der Waals surface area (Å²) in [6.07, 6.45) is 0. The lowest BCUT2D eigenvalue weighted by Gasteiger charge is -2.07. The molecule has 0 spiro atoms. The largest absolute Gasteiger partial charge is 0.468 e. The second kappa shape index (κ2) is 7.09. The van der Waals surface area contributed by atoms with E-state index in [0.717, 1.165) is 12.1 Å². The molecule has 2 aromatic carbocycles. The molecule has 0 saturated carbocycles. The zero-order valence-electron chi connectivity index (χ0n) is 12.6. The van der Waals surface area contributed by atoms with E-state index in [1.807, 2.05) is 0 Å². The quantitative estimate of drug-likeness (QED) is 0.481. The van der Waals surface area contributed by atoms with Gasteiger partial charge in [0.1, 0.15) is 6.54 Å². The summed E-state index contributed by atoms with van der Waals surface area (Å²) < 4.78 is 29.4. The lowest BCUT2D eigenvalue weighted by atomic mass is 10.3. The van der Waals surface area contributed by atoms with E-state index in [1.54, 1.807) is 0 Å². The molecule has 2 rings (SSSR count). The molecule has 0 unspecified atom stereocenters. The van der Waals surface area contributed by atoms with Gasteiger partial charge in [0, 0.05) is 17.8 Å². The van der Waals surface area contributed by atoms with E-state index in [4.69, 9.17) is 0 Å². The van der Waals surface area contributed by atoms with Gasteiger partial charge in [-0.25, -0.2) is 8.42 Å². The number of nitro groups is 1.